The van der Waals surface area contributed by atoms with Crippen LogP contribution in [0.1, 0.15) is 114 Å². The molecule has 0 radical (unpaired) electrons. The maximum atomic E-state index is 12.0. The lowest BCUT2D eigenvalue weighted by atomic mass is 9.76. The Bertz CT molecular complexity index is 1060. The van der Waals surface area contributed by atoms with Gasteiger partial charge in [-0.15, -0.1) is 5.11 Å². The first kappa shape index (κ1) is 29.7. The summed E-state index contributed by atoms with van der Waals surface area (Å²) in [5.41, 5.74) is 3.16. The molecule has 0 aromatic heterocycles. The van der Waals surface area contributed by atoms with Crippen molar-refractivity contribution in [2.45, 2.75) is 103 Å². The van der Waals surface area contributed by atoms with Crippen LogP contribution in [-0.4, -0.2) is 23.7 Å². The largest absolute Gasteiger partial charge is 0.506 e. The highest BCUT2D eigenvalue weighted by molar-refractivity contribution is 5.83. The van der Waals surface area contributed by atoms with Crippen LogP contribution in [0.3, 0.4) is 0 Å². The minimum Gasteiger partial charge on any atom is -0.506 e. The number of Topliss-reactive ketones (excluding diaryl/α,β-unsaturated/α-hetero) is 2. The van der Waals surface area contributed by atoms with Crippen molar-refractivity contribution in [3.8, 4) is 5.75 Å². The fourth-order valence-electron chi connectivity index (χ4n) is 5.64. The predicted octanol–water partition coefficient (Wildman–Crippen LogP) is 8.64. The smallest absolute Gasteiger partial charge is 0.151 e. The maximum absolute atomic E-state index is 12.0. The van der Waals surface area contributed by atoms with Gasteiger partial charge in [-0.05, 0) is 86.9 Å². The summed E-state index contributed by atoms with van der Waals surface area (Å²) < 4.78 is 0. The molecule has 0 spiro atoms. The van der Waals surface area contributed by atoms with Gasteiger partial charge in [0.1, 0.15) is 17.2 Å². The van der Waals surface area contributed by atoms with Gasteiger partial charge in [-0.1, -0.05) is 63.6 Å². The number of rotatable bonds is 15. The number of hydrogen-bond acceptors (Lipinski definition) is 6. The minimum absolute atomic E-state index is 0.00507. The number of unbranched alkanes of at least 4 members (excludes halogenated alkanes) is 3. The van der Waals surface area contributed by atoms with Crippen LogP contribution in [0.4, 0.5) is 11.4 Å². The summed E-state index contributed by atoms with van der Waals surface area (Å²) in [6.07, 6.45) is 13.3. The Hall–Kier alpha value is -2.86. The average Bonchev–Trinajstić information content (AvgIpc) is 2.92. The third kappa shape index (κ3) is 9.16. The molecule has 0 bridgehead atoms. The summed E-state index contributed by atoms with van der Waals surface area (Å²) in [7, 11) is 1.73. The van der Waals surface area contributed by atoms with Gasteiger partial charge in [0.2, 0.25) is 0 Å². The zero-order valence-electron chi connectivity index (χ0n) is 23.4. The van der Waals surface area contributed by atoms with Crippen LogP contribution in [0.5, 0.6) is 5.75 Å². The molecule has 1 saturated carbocycles. The Kier molecular flexibility index (Phi) is 12.1. The van der Waals surface area contributed by atoms with Crippen LogP contribution >= 0.6 is 0 Å². The molecule has 0 amide bonds. The second kappa shape index (κ2) is 15.5. The number of carbonyl (C=O) groups excluding carboxylic acids is 2. The molecule has 0 saturated heterocycles. The molecule has 3 unspecified atom stereocenters. The van der Waals surface area contributed by atoms with Crippen LogP contribution in [0, 0.1) is 5.92 Å². The molecule has 0 heterocycles. The molecule has 1 aliphatic carbocycles. The van der Waals surface area contributed by atoms with E-state index in [0.717, 1.165) is 55.7 Å². The summed E-state index contributed by atoms with van der Waals surface area (Å²) in [6.45, 7) is 3.71. The number of nitrogens with one attached hydrogen (secondary N) is 1. The van der Waals surface area contributed by atoms with E-state index in [9.17, 15) is 14.7 Å². The fourth-order valence-corrected chi connectivity index (χ4v) is 5.64. The van der Waals surface area contributed by atoms with Gasteiger partial charge >= 0.3 is 0 Å². The first-order valence-corrected chi connectivity index (χ1v) is 14.4. The van der Waals surface area contributed by atoms with Crippen molar-refractivity contribution in [3.63, 3.8) is 0 Å². The van der Waals surface area contributed by atoms with E-state index in [4.69, 9.17) is 0 Å². The second-order valence-electron chi connectivity index (χ2n) is 10.8. The topological polar surface area (TPSA) is 91.1 Å². The highest BCUT2D eigenvalue weighted by Gasteiger charge is 2.23. The van der Waals surface area contributed by atoms with Gasteiger partial charge in [-0.25, -0.2) is 0 Å². The number of hydrogen-bond donors (Lipinski definition) is 2. The summed E-state index contributed by atoms with van der Waals surface area (Å²) in [5.74, 6) is 1.78. The van der Waals surface area contributed by atoms with Crippen LogP contribution in [-0.2, 0) is 9.59 Å². The monoisotopic (exact) mass is 519 g/mol. The summed E-state index contributed by atoms with van der Waals surface area (Å²) in [5, 5.41) is 21.8. The molecule has 6 nitrogen and oxygen atoms in total. The Labute approximate surface area is 228 Å². The molecular formula is C32H45N3O3. The van der Waals surface area contributed by atoms with Crippen LogP contribution in [0.2, 0.25) is 0 Å². The van der Waals surface area contributed by atoms with Gasteiger partial charge in [0.25, 0.3) is 0 Å². The molecule has 1 fully saturated rings. The van der Waals surface area contributed by atoms with E-state index >= 15 is 0 Å². The van der Waals surface area contributed by atoms with Crippen molar-refractivity contribution >= 4 is 22.9 Å². The zero-order valence-corrected chi connectivity index (χ0v) is 23.4. The zero-order chi connectivity index (χ0) is 27.3. The van der Waals surface area contributed by atoms with Gasteiger partial charge < -0.3 is 10.4 Å². The van der Waals surface area contributed by atoms with E-state index < -0.39 is 6.04 Å². The quantitative estimate of drug-likeness (QED) is 0.182. The molecule has 6 heteroatoms. The highest BCUT2D eigenvalue weighted by atomic mass is 16.3. The first-order valence-electron chi connectivity index (χ1n) is 14.4. The minimum atomic E-state index is -0.443. The van der Waals surface area contributed by atoms with E-state index in [1.165, 1.54) is 51.0 Å². The lowest BCUT2D eigenvalue weighted by molar-refractivity contribution is -0.120. The van der Waals surface area contributed by atoms with Crippen molar-refractivity contribution in [1.29, 1.82) is 0 Å². The van der Waals surface area contributed by atoms with Gasteiger partial charge in [-0.3, -0.25) is 9.59 Å². The van der Waals surface area contributed by atoms with E-state index in [1.54, 1.807) is 25.2 Å². The molecule has 0 aliphatic heterocycles. The molecule has 2 N–H and O–H groups in total. The van der Waals surface area contributed by atoms with E-state index in [0.29, 0.717) is 17.4 Å². The summed E-state index contributed by atoms with van der Waals surface area (Å²) in [4.78, 5) is 23.9. The Morgan fingerprint density at radius 2 is 1.74 bits per heavy atom. The number of phenols is 1. The number of carbonyl (C=O) groups is 2. The van der Waals surface area contributed by atoms with Gasteiger partial charge in [0, 0.05) is 12.8 Å². The van der Waals surface area contributed by atoms with Crippen molar-refractivity contribution in [3.05, 3.63) is 53.6 Å². The van der Waals surface area contributed by atoms with Crippen molar-refractivity contribution in [1.82, 2.24) is 5.32 Å². The molecule has 2 aromatic rings. The Morgan fingerprint density at radius 3 is 2.42 bits per heavy atom. The third-order valence-electron chi connectivity index (χ3n) is 7.83. The number of phenolic OH excluding ortho intramolecular Hbond substituents is 1. The van der Waals surface area contributed by atoms with E-state index in [1.807, 2.05) is 12.1 Å². The summed E-state index contributed by atoms with van der Waals surface area (Å²) >= 11 is 0. The molecule has 3 rings (SSSR count). The molecule has 2 aromatic carbocycles. The predicted molar refractivity (Wildman–Crippen MR) is 154 cm³/mol. The number of likely N-dealkylation sites (N-methyl/N-ethyl adjacent to an activating group) is 1. The molecule has 1 aliphatic rings. The molecular weight excluding hydrogens is 474 g/mol. The third-order valence-corrected chi connectivity index (χ3v) is 7.83. The maximum Gasteiger partial charge on any atom is 0.151 e. The summed E-state index contributed by atoms with van der Waals surface area (Å²) in [6, 6.07) is 12.8. The number of aromatic hydroxyl groups is 1. The van der Waals surface area contributed by atoms with Crippen molar-refractivity contribution < 1.29 is 14.7 Å². The van der Waals surface area contributed by atoms with Crippen LogP contribution in [0.25, 0.3) is 0 Å². The second-order valence-corrected chi connectivity index (χ2v) is 10.8. The van der Waals surface area contributed by atoms with Crippen LogP contribution < -0.4 is 5.32 Å². The lowest BCUT2D eigenvalue weighted by Crippen LogP contribution is -2.23. The van der Waals surface area contributed by atoms with Crippen LogP contribution in [0.15, 0.2) is 52.7 Å². The first-order chi connectivity index (χ1) is 18.4. The number of nitrogens with zero attached hydrogens (tertiary/aromatic N) is 2. The van der Waals surface area contributed by atoms with Crippen molar-refractivity contribution in [2.24, 2.45) is 16.1 Å². The van der Waals surface area contributed by atoms with Gasteiger partial charge in [-0.2, -0.15) is 5.11 Å². The number of benzene rings is 2. The number of azo groups is 1. The van der Waals surface area contributed by atoms with E-state index in [-0.39, 0.29) is 11.5 Å². The molecule has 206 valence electrons. The Balaban J connectivity index is 1.51. The average molecular weight is 520 g/mol. The van der Waals surface area contributed by atoms with E-state index in [2.05, 4.69) is 34.6 Å². The standard InChI is InChI=1S/C32H45N3O3/c1-4-5-6-13-29(37)14-8-7-10-24-11-9-12-26(21-24)25-15-18-28(19-16-25)34-35-30-22-27(17-20-31(30)38)32(33-3)23(2)36/h15-20,22,24,26,32-33,38H,4-14,21H2,1-3H3. The van der Waals surface area contributed by atoms with Gasteiger partial charge in [0.15, 0.2) is 5.78 Å². The molecule has 3 atom stereocenters. The van der Waals surface area contributed by atoms with Gasteiger partial charge in [0.05, 0.1) is 11.7 Å². The SMILES string of the molecule is CCCCCC(=O)CCCCC1CCCC(c2ccc(N=Nc3cc(C(NC)C(C)=O)ccc3O)cc2)C1. The normalized spacial score (nSPS) is 18.5. The molecule has 38 heavy (non-hydrogen) atoms. The highest BCUT2D eigenvalue weighted by Crippen LogP contribution is 2.39. The fraction of sp³-hybridized carbons (Fsp3) is 0.562. The Morgan fingerprint density at radius 1 is 1.00 bits per heavy atom. The lowest BCUT2D eigenvalue weighted by Gasteiger charge is -2.29. The van der Waals surface area contributed by atoms with Crippen molar-refractivity contribution in [2.75, 3.05) is 7.05 Å². The number of ketones is 2.